The number of likely N-dealkylation sites (N-methyl/N-ethyl adjacent to an activating group) is 1. The molecule has 2 amide bonds. The molecule has 5 atom stereocenters. The number of carbonyl (C=O) groups is 2. The number of thioether (sulfide) groups is 1. The molecule has 0 aromatic heterocycles. The summed E-state index contributed by atoms with van der Waals surface area (Å²) >= 11 is 1.71. The number of fused-ring (bicyclic) bond motifs is 1. The van der Waals surface area contributed by atoms with E-state index in [0.29, 0.717) is 26.4 Å². The first-order chi connectivity index (χ1) is 15.1. The van der Waals surface area contributed by atoms with Crippen molar-refractivity contribution in [2.75, 3.05) is 45.8 Å². The lowest BCUT2D eigenvalue weighted by atomic mass is 10.1. The van der Waals surface area contributed by atoms with Crippen LogP contribution in [0, 0.1) is 0 Å². The smallest absolute Gasteiger partial charge is 0.242 e. The summed E-state index contributed by atoms with van der Waals surface area (Å²) in [6.07, 6.45) is 5.70. The van der Waals surface area contributed by atoms with E-state index in [1.165, 1.54) is 0 Å². The Kier molecular flexibility index (Phi) is 7.36. The van der Waals surface area contributed by atoms with Gasteiger partial charge in [-0.25, -0.2) is 0 Å². The van der Waals surface area contributed by atoms with Gasteiger partial charge >= 0.3 is 0 Å². The summed E-state index contributed by atoms with van der Waals surface area (Å²) in [5.41, 5.74) is 0. The van der Waals surface area contributed by atoms with Gasteiger partial charge in [-0.2, -0.15) is 0 Å². The fourth-order valence-corrected chi connectivity index (χ4v) is 5.93. The molecule has 0 aromatic carbocycles. The van der Waals surface area contributed by atoms with E-state index in [1.54, 1.807) is 11.8 Å². The summed E-state index contributed by atoms with van der Waals surface area (Å²) in [5.74, 6) is 1.98. The molecule has 10 nitrogen and oxygen atoms in total. The van der Waals surface area contributed by atoms with Crippen molar-refractivity contribution < 1.29 is 9.59 Å². The fourth-order valence-electron chi connectivity index (χ4n) is 4.69. The van der Waals surface area contributed by atoms with Crippen LogP contribution in [0.1, 0.15) is 19.8 Å². The Bertz CT molecular complexity index is 732. The van der Waals surface area contributed by atoms with Crippen molar-refractivity contribution in [3.8, 4) is 0 Å². The summed E-state index contributed by atoms with van der Waals surface area (Å²) in [4.78, 5) is 34.3. The summed E-state index contributed by atoms with van der Waals surface area (Å²) in [6.45, 7) is 5.33. The highest BCUT2D eigenvalue weighted by molar-refractivity contribution is 8.00. The van der Waals surface area contributed by atoms with Gasteiger partial charge in [0.05, 0.1) is 30.8 Å². The van der Waals surface area contributed by atoms with E-state index in [4.69, 9.17) is 0 Å². The molecule has 31 heavy (non-hydrogen) atoms. The molecule has 0 radical (unpaired) electrons. The maximum absolute atomic E-state index is 12.9. The summed E-state index contributed by atoms with van der Waals surface area (Å²) in [6, 6.07) is 0.0988. The molecule has 11 heteroatoms. The van der Waals surface area contributed by atoms with Crippen LogP contribution in [-0.2, 0) is 9.59 Å². The van der Waals surface area contributed by atoms with Gasteiger partial charge in [0.25, 0.3) is 0 Å². The molecule has 4 aliphatic rings. The van der Waals surface area contributed by atoms with Crippen molar-refractivity contribution in [1.82, 2.24) is 36.4 Å². The SMILES string of the molecule is CC1C(C(=O)NCCNC(=O)C2CCC=CN2)SCCN1C1NCNC2=NCN(C)C21. The Hall–Kier alpha value is -1.82. The highest BCUT2D eigenvalue weighted by Crippen LogP contribution is 2.29. The normalized spacial score (nSPS) is 33.6. The van der Waals surface area contributed by atoms with Crippen LogP contribution in [-0.4, -0.2) is 103 Å². The maximum Gasteiger partial charge on any atom is 0.242 e. The minimum absolute atomic E-state index is 0.0136. The van der Waals surface area contributed by atoms with Crippen molar-refractivity contribution in [3.05, 3.63) is 12.3 Å². The topological polar surface area (TPSA) is 113 Å². The maximum atomic E-state index is 12.9. The molecule has 0 bridgehead atoms. The highest BCUT2D eigenvalue weighted by Gasteiger charge is 2.44. The predicted molar refractivity (Wildman–Crippen MR) is 123 cm³/mol. The van der Waals surface area contributed by atoms with E-state index in [9.17, 15) is 9.59 Å². The number of aliphatic imine (C=N–C) groups is 1. The molecule has 4 heterocycles. The zero-order valence-corrected chi connectivity index (χ0v) is 19.1. The first-order valence-corrected chi connectivity index (χ1v) is 12.2. The number of hydrogen-bond donors (Lipinski definition) is 5. The van der Waals surface area contributed by atoms with Gasteiger partial charge in [-0.3, -0.25) is 29.7 Å². The van der Waals surface area contributed by atoms with Gasteiger partial charge < -0.3 is 21.3 Å². The average Bonchev–Trinajstić information content (AvgIpc) is 3.18. The number of amides is 2. The summed E-state index contributed by atoms with van der Waals surface area (Å²) < 4.78 is 0. The lowest BCUT2D eigenvalue weighted by Gasteiger charge is -2.48. The molecule has 4 aliphatic heterocycles. The van der Waals surface area contributed by atoms with Crippen LogP contribution < -0.4 is 26.6 Å². The van der Waals surface area contributed by atoms with Gasteiger partial charge in [0, 0.05) is 31.4 Å². The molecule has 0 aromatic rings. The third-order valence-corrected chi connectivity index (χ3v) is 7.79. The second kappa shape index (κ2) is 10.2. The Morgan fingerprint density at radius 3 is 2.87 bits per heavy atom. The predicted octanol–water partition coefficient (Wildman–Crippen LogP) is -1.56. The van der Waals surface area contributed by atoms with E-state index < -0.39 is 0 Å². The number of carbonyl (C=O) groups excluding carboxylic acids is 2. The molecule has 4 rings (SSSR count). The summed E-state index contributed by atoms with van der Waals surface area (Å²) in [5, 5.41) is 15.8. The van der Waals surface area contributed by atoms with Crippen LogP contribution in [0.4, 0.5) is 0 Å². The van der Waals surface area contributed by atoms with E-state index in [2.05, 4.69) is 55.3 Å². The van der Waals surface area contributed by atoms with Crippen molar-refractivity contribution in [2.45, 2.75) is 49.3 Å². The molecule has 5 N–H and O–H groups in total. The number of hydrogen-bond acceptors (Lipinski definition) is 9. The van der Waals surface area contributed by atoms with Gasteiger partial charge in [0.1, 0.15) is 11.9 Å². The third-order valence-electron chi connectivity index (χ3n) is 6.40. The standard InChI is InChI=1S/C20H34N8O2S/c1-13-16(20(30)23-8-7-22-19(29)14-5-3-4-6-21-14)31-10-9-28(13)18-15-17(24-11-25-18)26-12-27(15)2/h4,6,13-16,18,21,25H,3,5,7-12H2,1-2H3,(H,22,29)(H,23,30)(H,24,26). The van der Waals surface area contributed by atoms with Gasteiger partial charge in [-0.15, -0.1) is 11.8 Å². The van der Waals surface area contributed by atoms with Crippen LogP contribution in [0.25, 0.3) is 0 Å². The van der Waals surface area contributed by atoms with Crippen LogP contribution in [0.5, 0.6) is 0 Å². The number of nitrogens with one attached hydrogen (secondary N) is 5. The molecular weight excluding hydrogens is 416 g/mol. The average molecular weight is 451 g/mol. The minimum Gasteiger partial charge on any atom is -0.380 e. The molecule has 0 aliphatic carbocycles. The molecule has 2 fully saturated rings. The van der Waals surface area contributed by atoms with Crippen LogP contribution in [0.15, 0.2) is 17.3 Å². The van der Waals surface area contributed by atoms with Gasteiger partial charge in [0.2, 0.25) is 11.8 Å². The second-order valence-corrected chi connectivity index (χ2v) is 9.69. The highest BCUT2D eigenvalue weighted by atomic mass is 32.2. The molecule has 5 unspecified atom stereocenters. The van der Waals surface area contributed by atoms with Crippen LogP contribution >= 0.6 is 11.8 Å². The number of nitrogens with zero attached hydrogens (tertiary/aromatic N) is 3. The lowest BCUT2D eigenvalue weighted by Crippen LogP contribution is -2.70. The third kappa shape index (κ3) is 5.00. The Labute approximate surface area is 188 Å². The largest absolute Gasteiger partial charge is 0.380 e. The zero-order valence-electron chi connectivity index (χ0n) is 18.3. The van der Waals surface area contributed by atoms with E-state index in [1.807, 2.05) is 12.3 Å². The van der Waals surface area contributed by atoms with E-state index in [0.717, 1.165) is 31.0 Å². The molecular formula is C20H34N8O2S. The van der Waals surface area contributed by atoms with Crippen molar-refractivity contribution >= 4 is 29.4 Å². The second-order valence-electron chi connectivity index (χ2n) is 8.44. The quantitative estimate of drug-likeness (QED) is 0.309. The molecule has 2 saturated heterocycles. The Morgan fingerprint density at radius 1 is 1.29 bits per heavy atom. The first kappa shape index (κ1) is 22.4. The zero-order chi connectivity index (χ0) is 21.8. The van der Waals surface area contributed by atoms with Gasteiger partial charge in [-0.1, -0.05) is 6.08 Å². The minimum atomic E-state index is -0.178. The van der Waals surface area contributed by atoms with Gasteiger partial charge in [0.15, 0.2) is 0 Å². The fraction of sp³-hybridized carbons (Fsp3) is 0.750. The van der Waals surface area contributed by atoms with Crippen molar-refractivity contribution in [2.24, 2.45) is 4.99 Å². The van der Waals surface area contributed by atoms with Crippen molar-refractivity contribution in [3.63, 3.8) is 0 Å². The lowest BCUT2D eigenvalue weighted by molar-refractivity contribution is -0.124. The molecule has 0 spiro atoms. The monoisotopic (exact) mass is 450 g/mol. The van der Waals surface area contributed by atoms with E-state index >= 15 is 0 Å². The number of rotatable bonds is 6. The Morgan fingerprint density at radius 2 is 2.10 bits per heavy atom. The van der Waals surface area contributed by atoms with E-state index in [-0.39, 0.29) is 41.4 Å². The van der Waals surface area contributed by atoms with Crippen LogP contribution in [0.3, 0.4) is 0 Å². The number of allylic oxidation sites excluding steroid dienone is 1. The Balaban J connectivity index is 1.26. The number of amidine groups is 1. The van der Waals surface area contributed by atoms with Crippen LogP contribution in [0.2, 0.25) is 0 Å². The van der Waals surface area contributed by atoms with Gasteiger partial charge in [-0.05, 0) is 33.0 Å². The first-order valence-electron chi connectivity index (χ1n) is 11.1. The summed E-state index contributed by atoms with van der Waals surface area (Å²) in [7, 11) is 2.09. The molecule has 0 saturated carbocycles. The molecule has 172 valence electrons. The van der Waals surface area contributed by atoms with Crippen molar-refractivity contribution in [1.29, 1.82) is 0 Å².